The molecule has 0 aliphatic rings. The van der Waals surface area contributed by atoms with Crippen molar-refractivity contribution in [1.82, 2.24) is 4.98 Å². The fourth-order valence-corrected chi connectivity index (χ4v) is 6.36. The molecule has 0 spiro atoms. The summed E-state index contributed by atoms with van der Waals surface area (Å²) in [6, 6.07) is 0. The predicted octanol–water partition coefficient (Wildman–Crippen LogP) is 8.41. The van der Waals surface area contributed by atoms with E-state index in [9.17, 15) is 4.79 Å². The van der Waals surface area contributed by atoms with Crippen LogP contribution in [-0.4, -0.2) is 46.9 Å². The zero-order valence-corrected chi connectivity index (χ0v) is 27.3. The van der Waals surface area contributed by atoms with Gasteiger partial charge in [-0.15, -0.1) is 0 Å². The molecule has 0 unspecified atom stereocenters. The lowest BCUT2D eigenvalue weighted by molar-refractivity contribution is -0.0338. The number of esters is 1. The number of aromatic nitrogens is 1. The molecule has 1 rings (SSSR count). The van der Waals surface area contributed by atoms with Gasteiger partial charge in [0.25, 0.3) is 0 Å². The minimum Gasteiger partial charge on any atom is -0.464 e. The topological polar surface area (TPSA) is 70.8 Å². The van der Waals surface area contributed by atoms with Crippen molar-refractivity contribution in [3.05, 3.63) is 48.2 Å². The van der Waals surface area contributed by atoms with Crippen LogP contribution in [0.2, 0.25) is 37.8 Å². The van der Waals surface area contributed by atoms with E-state index in [-0.39, 0.29) is 28.4 Å². The van der Waals surface area contributed by atoms with Gasteiger partial charge in [0.05, 0.1) is 19.3 Å². The molecule has 0 aliphatic carbocycles. The second-order valence-corrected chi connectivity index (χ2v) is 21.9. The number of allylic oxidation sites excluding steroid dienone is 4. The van der Waals surface area contributed by atoms with Crippen LogP contribution in [0.3, 0.4) is 0 Å². The highest BCUT2D eigenvalue weighted by atomic mass is 28.4. The van der Waals surface area contributed by atoms with Crippen LogP contribution in [0.15, 0.2) is 41.1 Å². The molecule has 0 saturated heterocycles. The molecule has 0 N–H and O–H groups in total. The van der Waals surface area contributed by atoms with E-state index in [4.69, 9.17) is 13.3 Å². The van der Waals surface area contributed by atoms with Crippen molar-refractivity contribution in [3.63, 3.8) is 0 Å². The van der Waals surface area contributed by atoms with Crippen molar-refractivity contribution in [2.45, 2.75) is 111 Å². The van der Waals surface area contributed by atoms with Gasteiger partial charge in [0.1, 0.15) is 6.26 Å². The number of hydrogen-bond acceptors (Lipinski definition) is 6. The number of carbonyl (C=O) groups is 1. The Balaban J connectivity index is 2.98. The van der Waals surface area contributed by atoms with Gasteiger partial charge in [0, 0.05) is 11.5 Å². The first-order valence-electron chi connectivity index (χ1n) is 13.3. The Kier molecular flexibility index (Phi) is 12.5. The van der Waals surface area contributed by atoms with E-state index in [0.29, 0.717) is 5.89 Å². The zero-order chi connectivity index (χ0) is 28.5. The van der Waals surface area contributed by atoms with Crippen LogP contribution >= 0.6 is 0 Å². The Labute approximate surface area is 227 Å². The Morgan fingerprint density at radius 1 is 1.00 bits per heavy atom. The average Bonchev–Trinajstić information content (AvgIpc) is 3.24. The molecule has 0 fully saturated rings. The van der Waals surface area contributed by atoms with Gasteiger partial charge >= 0.3 is 5.97 Å². The van der Waals surface area contributed by atoms with Crippen molar-refractivity contribution in [2.24, 2.45) is 5.41 Å². The molecule has 0 radical (unpaired) electrons. The smallest absolute Gasteiger partial charge is 0.360 e. The molecule has 0 bridgehead atoms. The third-order valence-corrected chi connectivity index (χ3v) is 12.4. The Hall–Kier alpha value is -1.75. The van der Waals surface area contributed by atoms with E-state index in [0.717, 1.165) is 19.3 Å². The summed E-state index contributed by atoms with van der Waals surface area (Å²) in [6.45, 7) is 25.2. The van der Waals surface area contributed by atoms with Gasteiger partial charge in [-0.25, -0.2) is 9.78 Å². The molecular weight excluding hydrogens is 498 g/mol. The molecule has 1 aromatic rings. The number of ether oxygens (including phenoxy) is 1. The van der Waals surface area contributed by atoms with Crippen molar-refractivity contribution >= 4 is 28.7 Å². The van der Waals surface area contributed by atoms with Crippen molar-refractivity contribution in [2.75, 3.05) is 7.11 Å². The first-order chi connectivity index (χ1) is 16.9. The third-order valence-electron chi connectivity index (χ3n) is 6.92. The number of methoxy groups -OCH3 is 1. The summed E-state index contributed by atoms with van der Waals surface area (Å²) in [6.07, 6.45) is 16.0. The maximum absolute atomic E-state index is 11.5. The molecular formula is C29H51NO5Si2. The van der Waals surface area contributed by atoms with Gasteiger partial charge in [-0.2, -0.15) is 0 Å². The van der Waals surface area contributed by atoms with Gasteiger partial charge in [-0.3, -0.25) is 0 Å². The molecule has 0 aliphatic heterocycles. The van der Waals surface area contributed by atoms with Gasteiger partial charge in [-0.05, 0) is 50.6 Å². The predicted molar refractivity (Wildman–Crippen MR) is 159 cm³/mol. The van der Waals surface area contributed by atoms with E-state index in [1.165, 1.54) is 13.4 Å². The quantitative estimate of drug-likeness (QED) is 0.132. The van der Waals surface area contributed by atoms with Crippen LogP contribution < -0.4 is 0 Å². The van der Waals surface area contributed by atoms with Gasteiger partial charge in [0.2, 0.25) is 5.89 Å². The minimum absolute atomic E-state index is 0.0599. The molecule has 2 atom stereocenters. The van der Waals surface area contributed by atoms with E-state index in [1.807, 2.05) is 24.3 Å². The molecule has 210 valence electrons. The molecule has 1 aromatic heterocycles. The fraction of sp³-hybridized carbons (Fsp3) is 0.655. The molecule has 0 amide bonds. The number of nitrogens with zero attached hydrogens (tertiary/aromatic N) is 1. The SMILES string of the molecule is CCC[C@H](O[Si](C)(C)C(C)(C)C)C(C)(C)[C@H](C\C=C/C=C/C=C/c1nc(C(=O)OC)co1)O[Si](C)(C)C. The second kappa shape index (κ2) is 13.9. The summed E-state index contributed by atoms with van der Waals surface area (Å²) >= 11 is 0. The van der Waals surface area contributed by atoms with Crippen LogP contribution in [0, 0.1) is 5.41 Å². The van der Waals surface area contributed by atoms with E-state index in [1.54, 1.807) is 6.08 Å². The first-order valence-corrected chi connectivity index (χ1v) is 19.7. The largest absolute Gasteiger partial charge is 0.464 e. The van der Waals surface area contributed by atoms with Crippen LogP contribution in [0.25, 0.3) is 6.08 Å². The first kappa shape index (κ1) is 33.3. The van der Waals surface area contributed by atoms with Crippen molar-refractivity contribution in [3.8, 4) is 0 Å². The normalized spacial score (nSPS) is 15.7. The monoisotopic (exact) mass is 549 g/mol. The lowest BCUT2D eigenvalue weighted by atomic mass is 9.77. The summed E-state index contributed by atoms with van der Waals surface area (Å²) in [4.78, 5) is 15.5. The Morgan fingerprint density at radius 2 is 1.62 bits per heavy atom. The Morgan fingerprint density at radius 3 is 2.16 bits per heavy atom. The summed E-state index contributed by atoms with van der Waals surface area (Å²) in [5, 5.41) is 0.161. The van der Waals surface area contributed by atoms with E-state index >= 15 is 0 Å². The van der Waals surface area contributed by atoms with Gasteiger partial charge < -0.3 is 18.0 Å². The summed E-state index contributed by atoms with van der Waals surface area (Å²) in [5.74, 6) is -0.168. The number of rotatable bonds is 14. The molecule has 6 nitrogen and oxygen atoms in total. The van der Waals surface area contributed by atoms with Crippen LogP contribution in [0.1, 0.15) is 77.2 Å². The number of hydrogen-bond donors (Lipinski definition) is 0. The standard InChI is InChI=1S/C29H51NO5Si2/c1-13-19-24(35-37(11,12)28(2,3)4)29(5,6)25(34-36(8,9)10)20-17-15-14-16-18-21-26-30-23(22-33-26)27(31)32-7/h14-18,21-22,24-25H,13,19-20H2,1-12H3/b16-14+,17-15-,21-18+/t24-,25-/m0/s1. The van der Waals surface area contributed by atoms with Crippen LogP contribution in [0.5, 0.6) is 0 Å². The molecule has 1 heterocycles. The average molecular weight is 550 g/mol. The molecule has 8 heteroatoms. The van der Waals surface area contributed by atoms with E-state index < -0.39 is 22.6 Å². The van der Waals surface area contributed by atoms with E-state index in [2.05, 4.69) is 90.1 Å². The number of oxazole rings is 1. The summed E-state index contributed by atoms with van der Waals surface area (Å²) < 4.78 is 23.7. The second-order valence-electron chi connectivity index (χ2n) is 12.7. The molecule has 37 heavy (non-hydrogen) atoms. The van der Waals surface area contributed by atoms with Crippen LogP contribution in [-0.2, 0) is 13.6 Å². The summed E-state index contributed by atoms with van der Waals surface area (Å²) in [5.41, 5.74) is 0.0169. The van der Waals surface area contributed by atoms with Crippen molar-refractivity contribution < 1.29 is 22.8 Å². The van der Waals surface area contributed by atoms with Crippen LogP contribution in [0.4, 0.5) is 0 Å². The molecule has 0 saturated carbocycles. The summed E-state index contributed by atoms with van der Waals surface area (Å²) in [7, 11) is -2.39. The highest BCUT2D eigenvalue weighted by Crippen LogP contribution is 2.43. The van der Waals surface area contributed by atoms with Gasteiger partial charge in [0.15, 0.2) is 22.3 Å². The maximum atomic E-state index is 11.5. The highest BCUT2D eigenvalue weighted by molar-refractivity contribution is 6.74. The fourth-order valence-electron chi connectivity index (χ4n) is 3.62. The van der Waals surface area contributed by atoms with Crippen molar-refractivity contribution in [1.29, 1.82) is 0 Å². The number of carbonyl (C=O) groups excluding carboxylic acids is 1. The lowest BCUT2D eigenvalue weighted by Crippen LogP contribution is -2.53. The highest BCUT2D eigenvalue weighted by Gasteiger charge is 2.45. The third kappa shape index (κ3) is 10.9. The minimum atomic E-state index is -1.93. The Bertz CT molecular complexity index is 933. The maximum Gasteiger partial charge on any atom is 0.360 e. The molecule has 0 aromatic carbocycles. The zero-order valence-electron chi connectivity index (χ0n) is 25.3. The lowest BCUT2D eigenvalue weighted by Gasteiger charge is -2.48. The van der Waals surface area contributed by atoms with Gasteiger partial charge in [-0.1, -0.05) is 78.3 Å².